The molecule has 0 aromatic carbocycles. The normalized spacial score (nSPS) is 16.8. The first-order valence-corrected chi connectivity index (χ1v) is 7.29. The van der Waals surface area contributed by atoms with Crippen molar-refractivity contribution in [1.29, 1.82) is 5.26 Å². The number of nitrogens with zero attached hydrogens (tertiary/aromatic N) is 4. The summed E-state index contributed by atoms with van der Waals surface area (Å²) in [6, 6.07) is 4.08. The third kappa shape index (κ3) is 3.17. The van der Waals surface area contributed by atoms with Gasteiger partial charge in [-0.25, -0.2) is 0 Å². The third-order valence-electron chi connectivity index (χ3n) is 3.58. The first-order valence-electron chi connectivity index (χ1n) is 6.50. The van der Waals surface area contributed by atoms with Gasteiger partial charge in [-0.1, -0.05) is 0 Å². The number of carbonyl (C=O) groups excluding carboxylic acids is 1. The van der Waals surface area contributed by atoms with Gasteiger partial charge in [-0.15, -0.1) is 0 Å². The van der Waals surface area contributed by atoms with Gasteiger partial charge in [0.25, 0.3) is 5.91 Å². The molecule has 1 aromatic rings. The lowest BCUT2D eigenvalue weighted by Crippen LogP contribution is -2.55. The van der Waals surface area contributed by atoms with E-state index in [4.69, 9.17) is 5.26 Å². The first kappa shape index (κ1) is 14.9. The predicted octanol–water partition coefficient (Wildman–Crippen LogP) is 1.90. The minimum Gasteiger partial charge on any atom is -0.336 e. The minimum atomic E-state index is -0.480. The molecule has 106 valence electrons. The number of amides is 1. The quantitative estimate of drug-likeness (QED) is 0.827. The number of halogens is 1. The molecule has 2 rings (SSSR count). The van der Waals surface area contributed by atoms with E-state index < -0.39 is 5.54 Å². The van der Waals surface area contributed by atoms with Gasteiger partial charge in [-0.05, 0) is 35.8 Å². The van der Waals surface area contributed by atoms with E-state index in [9.17, 15) is 4.79 Å². The van der Waals surface area contributed by atoms with Gasteiger partial charge in [0.15, 0.2) is 0 Å². The van der Waals surface area contributed by atoms with Gasteiger partial charge in [0.1, 0.15) is 5.54 Å². The second-order valence-corrected chi connectivity index (χ2v) is 6.26. The molecule has 6 heteroatoms. The molecule has 1 aliphatic rings. The summed E-state index contributed by atoms with van der Waals surface area (Å²) in [5.41, 5.74) is 0.110. The summed E-state index contributed by atoms with van der Waals surface area (Å²) in [6.07, 6.45) is 3.24. The second-order valence-electron chi connectivity index (χ2n) is 5.34. The number of nitriles is 1. The molecule has 0 saturated carbocycles. The van der Waals surface area contributed by atoms with Crippen LogP contribution in [0.2, 0.25) is 0 Å². The van der Waals surface area contributed by atoms with Crippen molar-refractivity contribution in [3.63, 3.8) is 0 Å². The maximum absolute atomic E-state index is 12.4. The minimum absolute atomic E-state index is 0.00628. The van der Waals surface area contributed by atoms with Crippen molar-refractivity contribution in [2.45, 2.75) is 19.4 Å². The van der Waals surface area contributed by atoms with Crippen molar-refractivity contribution in [2.24, 2.45) is 0 Å². The van der Waals surface area contributed by atoms with Crippen LogP contribution in [0.5, 0.6) is 0 Å². The van der Waals surface area contributed by atoms with Gasteiger partial charge >= 0.3 is 0 Å². The lowest BCUT2D eigenvalue weighted by molar-refractivity contribution is 0.0520. The maximum Gasteiger partial charge on any atom is 0.255 e. The Morgan fingerprint density at radius 3 is 2.55 bits per heavy atom. The molecular formula is C14H17BrN4O. The van der Waals surface area contributed by atoms with E-state index in [1.807, 2.05) is 18.7 Å². The standard InChI is InChI=1S/C14H17BrN4O/c1-14(2,10-16)19-5-3-18(4-6-19)13(20)11-7-12(15)9-17-8-11/h7-9H,3-6H2,1-2H3. The summed E-state index contributed by atoms with van der Waals surface area (Å²) in [4.78, 5) is 20.3. The average Bonchev–Trinajstić information content (AvgIpc) is 2.46. The molecule has 0 bridgehead atoms. The van der Waals surface area contributed by atoms with Crippen LogP contribution in [-0.2, 0) is 0 Å². The van der Waals surface area contributed by atoms with Crippen molar-refractivity contribution < 1.29 is 4.79 Å². The van der Waals surface area contributed by atoms with Crippen LogP contribution in [0, 0.1) is 11.3 Å². The zero-order valence-electron chi connectivity index (χ0n) is 11.6. The number of carbonyl (C=O) groups is 1. The molecule has 0 unspecified atom stereocenters. The van der Waals surface area contributed by atoms with Gasteiger partial charge in [0, 0.05) is 43.0 Å². The Bertz CT molecular complexity index is 544. The predicted molar refractivity (Wildman–Crippen MR) is 79.1 cm³/mol. The Morgan fingerprint density at radius 2 is 2.00 bits per heavy atom. The Labute approximate surface area is 127 Å². The van der Waals surface area contributed by atoms with E-state index >= 15 is 0 Å². The monoisotopic (exact) mass is 336 g/mol. The Morgan fingerprint density at radius 1 is 1.35 bits per heavy atom. The molecule has 20 heavy (non-hydrogen) atoms. The van der Waals surface area contributed by atoms with Crippen molar-refractivity contribution in [3.05, 3.63) is 28.5 Å². The smallest absolute Gasteiger partial charge is 0.255 e. The molecule has 0 aliphatic carbocycles. The lowest BCUT2D eigenvalue weighted by Gasteiger charge is -2.40. The van der Waals surface area contributed by atoms with E-state index in [-0.39, 0.29) is 5.91 Å². The fraction of sp³-hybridized carbons (Fsp3) is 0.500. The number of pyridine rings is 1. The highest BCUT2D eigenvalue weighted by Crippen LogP contribution is 2.18. The Hall–Kier alpha value is -1.45. The molecule has 1 aromatic heterocycles. The highest BCUT2D eigenvalue weighted by molar-refractivity contribution is 9.10. The fourth-order valence-electron chi connectivity index (χ4n) is 2.25. The summed E-state index contributed by atoms with van der Waals surface area (Å²) < 4.78 is 0.799. The molecule has 1 fully saturated rings. The Balaban J connectivity index is 2.01. The van der Waals surface area contributed by atoms with Crippen LogP contribution in [0.3, 0.4) is 0 Å². The summed E-state index contributed by atoms with van der Waals surface area (Å²) in [5, 5.41) is 9.14. The van der Waals surface area contributed by atoms with Crippen molar-refractivity contribution >= 4 is 21.8 Å². The largest absolute Gasteiger partial charge is 0.336 e. The number of hydrogen-bond acceptors (Lipinski definition) is 4. The molecule has 0 atom stereocenters. The van der Waals surface area contributed by atoms with Gasteiger partial charge in [-0.2, -0.15) is 5.26 Å². The molecular weight excluding hydrogens is 320 g/mol. The highest BCUT2D eigenvalue weighted by Gasteiger charge is 2.31. The molecule has 1 aliphatic heterocycles. The summed E-state index contributed by atoms with van der Waals surface area (Å²) in [7, 11) is 0. The van der Waals surface area contributed by atoms with Gasteiger partial charge in [0.05, 0.1) is 11.6 Å². The lowest BCUT2D eigenvalue weighted by atomic mass is 10.0. The maximum atomic E-state index is 12.4. The topological polar surface area (TPSA) is 60.2 Å². The van der Waals surface area contributed by atoms with Gasteiger partial charge in [-0.3, -0.25) is 14.7 Å². The Kier molecular flexibility index (Phi) is 4.41. The highest BCUT2D eigenvalue weighted by atomic mass is 79.9. The fourth-order valence-corrected chi connectivity index (χ4v) is 2.62. The number of rotatable bonds is 2. The average molecular weight is 337 g/mol. The second kappa shape index (κ2) is 5.90. The molecule has 0 spiro atoms. The van der Waals surface area contributed by atoms with E-state index in [1.54, 1.807) is 18.5 Å². The summed E-state index contributed by atoms with van der Waals surface area (Å²) in [5.74, 6) is -0.00628. The zero-order chi connectivity index (χ0) is 14.8. The molecule has 0 radical (unpaired) electrons. The third-order valence-corrected chi connectivity index (χ3v) is 4.02. The van der Waals surface area contributed by atoms with Crippen molar-refractivity contribution in [2.75, 3.05) is 26.2 Å². The van der Waals surface area contributed by atoms with Crippen molar-refractivity contribution in [1.82, 2.24) is 14.8 Å². The van der Waals surface area contributed by atoms with E-state index in [0.29, 0.717) is 31.7 Å². The zero-order valence-corrected chi connectivity index (χ0v) is 13.2. The van der Waals surface area contributed by atoms with Crippen LogP contribution in [0.25, 0.3) is 0 Å². The van der Waals surface area contributed by atoms with E-state index in [1.165, 1.54) is 0 Å². The molecule has 2 heterocycles. The molecule has 5 nitrogen and oxygen atoms in total. The van der Waals surface area contributed by atoms with Crippen LogP contribution in [0.4, 0.5) is 0 Å². The van der Waals surface area contributed by atoms with Crippen LogP contribution in [0.15, 0.2) is 22.9 Å². The summed E-state index contributed by atoms with van der Waals surface area (Å²) in [6.45, 7) is 6.51. The van der Waals surface area contributed by atoms with Crippen LogP contribution in [0.1, 0.15) is 24.2 Å². The van der Waals surface area contributed by atoms with Crippen LogP contribution < -0.4 is 0 Å². The van der Waals surface area contributed by atoms with Gasteiger partial charge in [0.2, 0.25) is 0 Å². The van der Waals surface area contributed by atoms with Gasteiger partial charge < -0.3 is 4.90 Å². The first-order chi connectivity index (χ1) is 9.44. The van der Waals surface area contributed by atoms with E-state index in [2.05, 4.69) is 31.9 Å². The molecule has 1 saturated heterocycles. The van der Waals surface area contributed by atoms with E-state index in [0.717, 1.165) is 4.47 Å². The SMILES string of the molecule is CC(C)(C#N)N1CCN(C(=O)c2cncc(Br)c2)CC1. The summed E-state index contributed by atoms with van der Waals surface area (Å²) >= 11 is 3.32. The van der Waals surface area contributed by atoms with Crippen molar-refractivity contribution in [3.8, 4) is 6.07 Å². The van der Waals surface area contributed by atoms with Crippen LogP contribution >= 0.6 is 15.9 Å². The number of aromatic nitrogens is 1. The number of piperazine rings is 1. The molecule has 1 amide bonds. The molecule has 0 N–H and O–H groups in total. The number of hydrogen-bond donors (Lipinski definition) is 0. The van der Waals surface area contributed by atoms with Crippen LogP contribution in [-0.4, -0.2) is 52.4 Å².